The monoisotopic (exact) mass is 272 g/mol. The Labute approximate surface area is 114 Å². The van der Waals surface area contributed by atoms with Gasteiger partial charge in [0, 0.05) is 12.1 Å². The number of aryl methyl sites for hydroxylation is 1. The third-order valence-electron chi connectivity index (χ3n) is 3.55. The summed E-state index contributed by atoms with van der Waals surface area (Å²) in [7, 11) is 0. The molecule has 3 N–H and O–H groups in total. The molecule has 1 fully saturated rings. The number of amides is 1. The SMILES string of the molecule is Cc1occc1C(=O)NCC1(N)CCCCC1.Cl. The minimum Gasteiger partial charge on any atom is -0.469 e. The third-order valence-corrected chi connectivity index (χ3v) is 3.55. The molecule has 1 aromatic rings. The Morgan fingerprint density at radius 3 is 2.67 bits per heavy atom. The van der Waals surface area contributed by atoms with Crippen LogP contribution in [-0.4, -0.2) is 18.0 Å². The fraction of sp³-hybridized carbons (Fsp3) is 0.615. The average molecular weight is 273 g/mol. The van der Waals surface area contributed by atoms with Crippen LogP contribution in [0.4, 0.5) is 0 Å². The largest absolute Gasteiger partial charge is 0.469 e. The van der Waals surface area contributed by atoms with Crippen molar-refractivity contribution < 1.29 is 9.21 Å². The van der Waals surface area contributed by atoms with Gasteiger partial charge in [0.05, 0.1) is 11.8 Å². The number of furan rings is 1. The molecule has 1 aliphatic rings. The second-order valence-electron chi connectivity index (χ2n) is 5.00. The zero-order chi connectivity index (χ0) is 12.3. The van der Waals surface area contributed by atoms with Gasteiger partial charge in [0.25, 0.3) is 5.91 Å². The molecule has 1 saturated carbocycles. The predicted octanol–water partition coefficient (Wildman–Crippen LogP) is 2.40. The van der Waals surface area contributed by atoms with E-state index in [4.69, 9.17) is 10.2 Å². The molecule has 102 valence electrons. The molecular formula is C13H21ClN2O2. The van der Waals surface area contributed by atoms with Crippen molar-refractivity contribution in [2.45, 2.75) is 44.6 Å². The van der Waals surface area contributed by atoms with Crippen LogP contribution >= 0.6 is 12.4 Å². The van der Waals surface area contributed by atoms with E-state index in [1.807, 2.05) is 0 Å². The van der Waals surface area contributed by atoms with E-state index in [2.05, 4.69) is 5.32 Å². The van der Waals surface area contributed by atoms with E-state index in [1.54, 1.807) is 13.0 Å². The molecule has 1 amide bonds. The highest BCUT2D eigenvalue weighted by Crippen LogP contribution is 2.25. The molecular weight excluding hydrogens is 252 g/mol. The van der Waals surface area contributed by atoms with Crippen LogP contribution in [0.1, 0.15) is 48.2 Å². The minimum atomic E-state index is -0.217. The Hall–Kier alpha value is -1.00. The molecule has 0 aromatic carbocycles. The van der Waals surface area contributed by atoms with Gasteiger partial charge in [-0.3, -0.25) is 4.79 Å². The Bertz CT molecular complexity index is 397. The summed E-state index contributed by atoms with van der Waals surface area (Å²) in [5, 5.41) is 2.91. The molecule has 4 nitrogen and oxygen atoms in total. The molecule has 0 atom stereocenters. The Kier molecular flexibility index (Phi) is 5.23. The van der Waals surface area contributed by atoms with Gasteiger partial charge in [-0.15, -0.1) is 12.4 Å². The first kappa shape index (κ1) is 15.1. The van der Waals surface area contributed by atoms with Crippen molar-refractivity contribution in [1.29, 1.82) is 0 Å². The van der Waals surface area contributed by atoms with Crippen molar-refractivity contribution in [2.24, 2.45) is 5.73 Å². The molecule has 0 unspecified atom stereocenters. The number of nitrogens with one attached hydrogen (secondary N) is 1. The molecule has 0 spiro atoms. The molecule has 2 rings (SSSR count). The van der Waals surface area contributed by atoms with Gasteiger partial charge in [0.2, 0.25) is 0 Å². The van der Waals surface area contributed by atoms with E-state index < -0.39 is 0 Å². The predicted molar refractivity (Wildman–Crippen MR) is 73.0 cm³/mol. The van der Waals surface area contributed by atoms with Gasteiger partial charge in [-0.1, -0.05) is 19.3 Å². The van der Waals surface area contributed by atoms with E-state index in [0.29, 0.717) is 17.9 Å². The van der Waals surface area contributed by atoms with Gasteiger partial charge < -0.3 is 15.5 Å². The molecule has 0 bridgehead atoms. The highest BCUT2D eigenvalue weighted by molar-refractivity contribution is 5.95. The Morgan fingerprint density at radius 2 is 2.11 bits per heavy atom. The molecule has 1 aliphatic carbocycles. The molecule has 0 saturated heterocycles. The van der Waals surface area contributed by atoms with Crippen molar-refractivity contribution >= 4 is 18.3 Å². The molecule has 18 heavy (non-hydrogen) atoms. The highest BCUT2D eigenvalue weighted by Gasteiger charge is 2.28. The first-order valence-electron chi connectivity index (χ1n) is 6.22. The number of nitrogens with two attached hydrogens (primary N) is 1. The lowest BCUT2D eigenvalue weighted by Gasteiger charge is -2.33. The summed E-state index contributed by atoms with van der Waals surface area (Å²) in [6.45, 7) is 2.34. The van der Waals surface area contributed by atoms with Crippen molar-refractivity contribution in [3.8, 4) is 0 Å². The maximum atomic E-state index is 11.9. The number of hydrogen-bond donors (Lipinski definition) is 2. The lowest BCUT2D eigenvalue weighted by Crippen LogP contribution is -2.51. The van der Waals surface area contributed by atoms with Crippen molar-refractivity contribution in [3.05, 3.63) is 23.7 Å². The Balaban J connectivity index is 0.00000162. The minimum absolute atomic E-state index is 0. The maximum absolute atomic E-state index is 11.9. The molecule has 0 aliphatic heterocycles. The van der Waals surface area contributed by atoms with Crippen molar-refractivity contribution in [3.63, 3.8) is 0 Å². The van der Waals surface area contributed by atoms with E-state index in [9.17, 15) is 4.79 Å². The summed E-state index contributed by atoms with van der Waals surface area (Å²) in [6, 6.07) is 1.69. The molecule has 0 radical (unpaired) electrons. The highest BCUT2D eigenvalue weighted by atomic mass is 35.5. The second-order valence-corrected chi connectivity index (χ2v) is 5.00. The molecule has 5 heteroatoms. The number of carbonyl (C=O) groups excluding carboxylic acids is 1. The maximum Gasteiger partial charge on any atom is 0.254 e. The van der Waals surface area contributed by atoms with E-state index in [1.165, 1.54) is 12.7 Å². The van der Waals surface area contributed by atoms with Crippen molar-refractivity contribution in [1.82, 2.24) is 5.32 Å². The summed E-state index contributed by atoms with van der Waals surface area (Å²) < 4.78 is 5.11. The zero-order valence-corrected chi connectivity index (χ0v) is 11.5. The summed E-state index contributed by atoms with van der Waals surface area (Å²) >= 11 is 0. The Morgan fingerprint density at radius 1 is 1.44 bits per heavy atom. The van der Waals surface area contributed by atoms with Crippen molar-refractivity contribution in [2.75, 3.05) is 6.54 Å². The second kappa shape index (κ2) is 6.25. The van der Waals surface area contributed by atoms with Crippen LogP contribution in [0.15, 0.2) is 16.7 Å². The van der Waals surface area contributed by atoms with E-state index in [0.717, 1.165) is 25.7 Å². The fourth-order valence-corrected chi connectivity index (χ4v) is 2.40. The van der Waals surface area contributed by atoms with Gasteiger partial charge in [-0.25, -0.2) is 0 Å². The van der Waals surface area contributed by atoms with Gasteiger partial charge in [0.1, 0.15) is 5.76 Å². The number of carbonyl (C=O) groups is 1. The van der Waals surface area contributed by atoms with Crippen LogP contribution in [0.5, 0.6) is 0 Å². The topological polar surface area (TPSA) is 68.3 Å². The smallest absolute Gasteiger partial charge is 0.254 e. The van der Waals surface area contributed by atoms with Crippen LogP contribution in [0.2, 0.25) is 0 Å². The van der Waals surface area contributed by atoms with Crippen LogP contribution < -0.4 is 11.1 Å². The van der Waals surface area contributed by atoms with E-state index in [-0.39, 0.29) is 23.9 Å². The summed E-state index contributed by atoms with van der Waals surface area (Å²) in [5.41, 5.74) is 6.65. The fourth-order valence-electron chi connectivity index (χ4n) is 2.40. The van der Waals surface area contributed by atoms with Crippen LogP contribution in [0.25, 0.3) is 0 Å². The quantitative estimate of drug-likeness (QED) is 0.888. The third kappa shape index (κ3) is 3.50. The summed E-state index contributed by atoms with van der Waals surface area (Å²) in [6.07, 6.45) is 7.11. The standard InChI is InChI=1S/C13H20N2O2.ClH/c1-10-11(5-8-17-10)12(16)15-9-13(14)6-3-2-4-7-13;/h5,8H,2-4,6-7,9,14H2,1H3,(H,15,16);1H. The van der Waals surface area contributed by atoms with E-state index >= 15 is 0 Å². The molecule has 1 aromatic heterocycles. The van der Waals surface area contributed by atoms with Gasteiger partial charge >= 0.3 is 0 Å². The lowest BCUT2D eigenvalue weighted by atomic mass is 9.82. The van der Waals surface area contributed by atoms with Gasteiger partial charge in [-0.2, -0.15) is 0 Å². The van der Waals surface area contributed by atoms with Crippen LogP contribution in [0, 0.1) is 6.92 Å². The zero-order valence-electron chi connectivity index (χ0n) is 10.7. The molecule has 1 heterocycles. The van der Waals surface area contributed by atoms with Crippen LogP contribution in [-0.2, 0) is 0 Å². The summed E-state index contributed by atoms with van der Waals surface area (Å²) in [4.78, 5) is 11.9. The number of halogens is 1. The normalized spacial score (nSPS) is 17.9. The van der Waals surface area contributed by atoms with Gasteiger partial charge in [0.15, 0.2) is 0 Å². The number of rotatable bonds is 3. The first-order chi connectivity index (χ1) is 8.11. The average Bonchev–Trinajstić information content (AvgIpc) is 2.74. The van der Waals surface area contributed by atoms with Gasteiger partial charge in [-0.05, 0) is 25.8 Å². The van der Waals surface area contributed by atoms with Crippen LogP contribution in [0.3, 0.4) is 0 Å². The summed E-state index contributed by atoms with van der Waals surface area (Å²) in [5.74, 6) is 0.559. The number of hydrogen-bond acceptors (Lipinski definition) is 3. The lowest BCUT2D eigenvalue weighted by molar-refractivity contribution is 0.0936. The first-order valence-corrected chi connectivity index (χ1v) is 6.22.